The number of rotatable bonds is 4. The Balaban J connectivity index is 1.08. The molecule has 10 aromatic rings. The van der Waals surface area contributed by atoms with Gasteiger partial charge in [-0.05, 0) is 148 Å². The first-order valence-corrected chi connectivity index (χ1v) is 26.4. The van der Waals surface area contributed by atoms with Crippen molar-refractivity contribution in [3.8, 4) is 44.5 Å². The Labute approximate surface area is 428 Å². The predicted octanol–water partition coefficient (Wildman–Crippen LogP) is 18.6. The average molecular weight is 942 g/mol. The van der Waals surface area contributed by atoms with Crippen LogP contribution in [-0.4, -0.2) is 0 Å². The summed E-state index contributed by atoms with van der Waals surface area (Å²) in [7, 11) is 0. The van der Waals surface area contributed by atoms with Gasteiger partial charge in [0.1, 0.15) is 0 Å². The van der Waals surface area contributed by atoms with E-state index in [2.05, 4.69) is 271 Å². The maximum atomic E-state index is 2.57. The molecule has 0 aromatic heterocycles. The summed E-state index contributed by atoms with van der Waals surface area (Å²) in [6.45, 7) is 14.1. The number of nitrogens with zero attached hydrogens (tertiary/aromatic N) is 1. The Morgan fingerprint density at radius 2 is 0.694 bits per heavy atom. The van der Waals surface area contributed by atoms with E-state index in [1.54, 1.807) is 0 Å². The minimum absolute atomic E-state index is 0.0436. The predicted molar refractivity (Wildman–Crippen MR) is 302 cm³/mol. The molecule has 0 atom stereocenters. The molecule has 0 bridgehead atoms. The highest BCUT2D eigenvalue weighted by atomic mass is 32.2. The summed E-state index contributed by atoms with van der Waals surface area (Å²) in [6, 6.07) is 86.0. The SMILES string of the molecule is CC(C)(C)c1ccc2c(c1)C1(c3ccccc3Sc3ccc(N(c4ccc5c(c4)C4(c6ccccc6-c6ccccc64)c4ccccc4-5)c4ccccc4-c4ccccc4)cc31)c1cc(C(C)(C)C)ccc1-2. The third kappa shape index (κ3) is 5.91. The molecule has 0 saturated carbocycles. The normalized spacial score (nSPS) is 14.7. The summed E-state index contributed by atoms with van der Waals surface area (Å²) in [6.07, 6.45) is 0. The van der Waals surface area contributed by atoms with Crippen molar-refractivity contribution in [2.45, 2.75) is 73.0 Å². The molecule has 2 heteroatoms. The fourth-order valence-electron chi connectivity index (χ4n) is 13.2. The topological polar surface area (TPSA) is 3.24 Å². The maximum Gasteiger partial charge on any atom is 0.0736 e. The van der Waals surface area contributed by atoms with Crippen molar-refractivity contribution in [1.82, 2.24) is 0 Å². The lowest BCUT2D eigenvalue weighted by Crippen LogP contribution is -2.33. The first kappa shape index (κ1) is 43.2. The van der Waals surface area contributed by atoms with E-state index < -0.39 is 10.8 Å². The summed E-state index contributed by atoms with van der Waals surface area (Å²) in [5, 5.41) is 0. The molecule has 0 radical (unpaired) electrons. The van der Waals surface area contributed by atoms with Gasteiger partial charge in [0, 0.05) is 26.7 Å². The highest BCUT2D eigenvalue weighted by molar-refractivity contribution is 7.99. The fraction of sp³-hybridized carbons (Fsp3) is 0.143. The van der Waals surface area contributed by atoms with Gasteiger partial charge < -0.3 is 4.90 Å². The summed E-state index contributed by atoms with van der Waals surface area (Å²) < 4.78 is 0. The molecule has 0 saturated heterocycles. The van der Waals surface area contributed by atoms with E-state index in [0.29, 0.717) is 0 Å². The molecular formula is C70H55NS. The molecule has 0 amide bonds. The smallest absolute Gasteiger partial charge is 0.0736 e. The molecular weight excluding hydrogens is 887 g/mol. The average Bonchev–Trinajstić information content (AvgIpc) is 3.98. The number of benzene rings is 10. The zero-order valence-electron chi connectivity index (χ0n) is 41.7. The maximum absolute atomic E-state index is 2.57. The molecule has 1 nitrogen and oxygen atoms in total. The summed E-state index contributed by atoms with van der Waals surface area (Å²) >= 11 is 1.91. The second-order valence-electron chi connectivity index (χ2n) is 22.4. The van der Waals surface area contributed by atoms with Crippen molar-refractivity contribution < 1.29 is 0 Å². The first-order chi connectivity index (χ1) is 35.0. The van der Waals surface area contributed by atoms with Gasteiger partial charge in [-0.3, -0.25) is 0 Å². The van der Waals surface area contributed by atoms with Crippen molar-refractivity contribution in [1.29, 1.82) is 0 Å². The molecule has 1 heterocycles. The van der Waals surface area contributed by atoms with Crippen LogP contribution in [0.3, 0.4) is 0 Å². The fourth-order valence-corrected chi connectivity index (χ4v) is 14.4. The largest absolute Gasteiger partial charge is 0.310 e. The number of fused-ring (bicyclic) bond motifs is 19. The van der Waals surface area contributed by atoms with Crippen LogP contribution < -0.4 is 4.90 Å². The minimum Gasteiger partial charge on any atom is -0.310 e. The van der Waals surface area contributed by atoms with Crippen LogP contribution in [0.1, 0.15) is 97.2 Å². The Morgan fingerprint density at radius 3 is 1.25 bits per heavy atom. The third-order valence-electron chi connectivity index (χ3n) is 16.5. The molecule has 0 unspecified atom stereocenters. The van der Waals surface area contributed by atoms with Gasteiger partial charge in [0.25, 0.3) is 0 Å². The Kier molecular flexibility index (Phi) is 9.25. The molecule has 14 rings (SSSR count). The number of para-hydroxylation sites is 1. The molecule has 0 fully saturated rings. The lowest BCUT2D eigenvalue weighted by atomic mass is 9.66. The molecule has 72 heavy (non-hydrogen) atoms. The lowest BCUT2D eigenvalue weighted by Gasteiger charge is -2.41. The zero-order valence-corrected chi connectivity index (χ0v) is 42.5. The van der Waals surface area contributed by atoms with Crippen LogP contribution in [0.25, 0.3) is 44.5 Å². The van der Waals surface area contributed by atoms with Crippen LogP contribution >= 0.6 is 11.8 Å². The van der Waals surface area contributed by atoms with Gasteiger partial charge in [-0.25, -0.2) is 0 Å². The first-order valence-electron chi connectivity index (χ1n) is 25.6. The van der Waals surface area contributed by atoms with E-state index in [9.17, 15) is 0 Å². The van der Waals surface area contributed by atoms with E-state index in [-0.39, 0.29) is 10.8 Å². The van der Waals surface area contributed by atoms with Gasteiger partial charge >= 0.3 is 0 Å². The van der Waals surface area contributed by atoms with E-state index in [1.807, 2.05) is 11.8 Å². The monoisotopic (exact) mass is 941 g/mol. The van der Waals surface area contributed by atoms with E-state index in [0.717, 1.165) is 17.1 Å². The molecule has 346 valence electrons. The minimum atomic E-state index is -0.577. The highest BCUT2D eigenvalue weighted by Gasteiger charge is 2.53. The molecule has 3 aliphatic carbocycles. The van der Waals surface area contributed by atoms with E-state index >= 15 is 0 Å². The van der Waals surface area contributed by atoms with E-state index in [1.165, 1.54) is 110 Å². The second-order valence-corrected chi connectivity index (χ2v) is 23.5. The zero-order chi connectivity index (χ0) is 48.7. The quantitative estimate of drug-likeness (QED) is 0.173. The number of anilines is 3. The summed E-state index contributed by atoms with van der Waals surface area (Å²) in [5.74, 6) is 0. The van der Waals surface area contributed by atoms with Crippen LogP contribution in [0.15, 0.2) is 234 Å². The van der Waals surface area contributed by atoms with Crippen molar-refractivity contribution >= 4 is 28.8 Å². The molecule has 2 spiro atoms. The van der Waals surface area contributed by atoms with Gasteiger partial charge in [-0.1, -0.05) is 235 Å². The Hall–Kier alpha value is -7.65. The summed E-state index contributed by atoms with van der Waals surface area (Å²) in [5.41, 5.74) is 25.9. The van der Waals surface area contributed by atoms with Gasteiger partial charge in [0.2, 0.25) is 0 Å². The van der Waals surface area contributed by atoms with Crippen LogP contribution in [0.5, 0.6) is 0 Å². The summed E-state index contributed by atoms with van der Waals surface area (Å²) in [4.78, 5) is 5.17. The van der Waals surface area contributed by atoms with Crippen molar-refractivity contribution in [3.05, 3.63) is 280 Å². The number of hydrogen-bond acceptors (Lipinski definition) is 2. The Bertz CT molecular complexity index is 3750. The molecule has 10 aromatic carbocycles. The molecule has 1 aliphatic heterocycles. The molecule has 4 aliphatic rings. The lowest BCUT2D eigenvalue weighted by molar-refractivity contribution is 0.585. The van der Waals surface area contributed by atoms with Crippen LogP contribution in [0.4, 0.5) is 17.1 Å². The standard InChI is InChI=1S/C70H55NS/c1-67(2,3)45-32-36-53-54-37-33-46(68(4,5)6)41-61(54)70(60(53)40-45)59-29-17-19-31-65(59)72-66-39-35-48(43-63(66)70)71(64-30-18-13-22-49(64)44-20-8-7-9-21-44)47-34-38-55-52-25-12-16-28-58(52)69(62(55)42-47)56-26-14-10-23-50(56)51-24-11-15-27-57(51)69/h7-43H,1-6H3. The van der Waals surface area contributed by atoms with Crippen LogP contribution in [0.2, 0.25) is 0 Å². The van der Waals surface area contributed by atoms with Gasteiger partial charge in [-0.15, -0.1) is 0 Å². The van der Waals surface area contributed by atoms with Crippen molar-refractivity contribution in [3.63, 3.8) is 0 Å². The van der Waals surface area contributed by atoms with Gasteiger partial charge in [0.15, 0.2) is 0 Å². The third-order valence-corrected chi connectivity index (χ3v) is 17.6. The van der Waals surface area contributed by atoms with Crippen molar-refractivity contribution in [2.75, 3.05) is 4.90 Å². The van der Waals surface area contributed by atoms with Crippen LogP contribution in [0, 0.1) is 0 Å². The van der Waals surface area contributed by atoms with Crippen LogP contribution in [-0.2, 0) is 21.7 Å². The molecule has 0 N–H and O–H groups in total. The van der Waals surface area contributed by atoms with E-state index in [4.69, 9.17) is 0 Å². The Morgan fingerprint density at radius 1 is 0.306 bits per heavy atom. The highest BCUT2D eigenvalue weighted by Crippen LogP contribution is 2.66. The van der Waals surface area contributed by atoms with Crippen molar-refractivity contribution in [2.24, 2.45) is 0 Å². The van der Waals surface area contributed by atoms with Gasteiger partial charge in [0.05, 0.1) is 16.5 Å². The second kappa shape index (κ2) is 15.4. The van der Waals surface area contributed by atoms with Gasteiger partial charge in [-0.2, -0.15) is 0 Å². The number of hydrogen-bond donors (Lipinski definition) is 0.